The van der Waals surface area contributed by atoms with Crippen LogP contribution < -0.4 is 10.6 Å². The summed E-state index contributed by atoms with van der Waals surface area (Å²) in [6.07, 6.45) is 3.37. The topological polar surface area (TPSA) is 188 Å². The van der Waals surface area contributed by atoms with Crippen molar-refractivity contribution in [3.63, 3.8) is 0 Å². The van der Waals surface area contributed by atoms with Crippen LogP contribution in [0.2, 0.25) is 0 Å². The summed E-state index contributed by atoms with van der Waals surface area (Å²) in [5.41, 5.74) is 8.30. The molecule has 2 aliphatic heterocycles. The monoisotopic (exact) mass is 602 g/mol. The van der Waals surface area contributed by atoms with Gasteiger partial charge in [-0.15, -0.1) is 5.06 Å². The number of imide groups is 1. The fraction of sp³-hybridized carbons (Fsp3) is 0.739. The van der Waals surface area contributed by atoms with Crippen LogP contribution in [0.4, 0.5) is 0 Å². The van der Waals surface area contributed by atoms with Crippen LogP contribution in [-0.4, -0.2) is 76.2 Å². The van der Waals surface area contributed by atoms with Gasteiger partial charge in [0.1, 0.15) is 6.04 Å². The van der Waals surface area contributed by atoms with E-state index in [-0.39, 0.29) is 43.9 Å². The predicted octanol–water partition coefficient (Wildman–Crippen LogP) is 2.90. The van der Waals surface area contributed by atoms with Crippen molar-refractivity contribution in [2.75, 3.05) is 30.3 Å². The Morgan fingerprint density at radius 3 is 2.46 bits per heavy atom. The van der Waals surface area contributed by atoms with Crippen molar-refractivity contribution in [1.29, 1.82) is 0 Å². The van der Waals surface area contributed by atoms with Crippen molar-refractivity contribution < 1.29 is 33.6 Å². The van der Waals surface area contributed by atoms with Gasteiger partial charge in [-0.1, -0.05) is 44.9 Å². The van der Waals surface area contributed by atoms with E-state index in [1.807, 2.05) is 21.6 Å². The summed E-state index contributed by atoms with van der Waals surface area (Å²) in [6.45, 7) is 0.801. The number of carbonyl (C=O) groups excluding carboxylic acids is 6. The number of hydroxylamine groups is 2. The Bertz CT molecular complexity index is 925. The Hall–Kier alpha value is -2.42. The number of azide groups is 1. The molecule has 0 aromatic carbocycles. The van der Waals surface area contributed by atoms with E-state index in [0.29, 0.717) is 24.4 Å². The second-order valence-corrected chi connectivity index (χ2v) is 12.6. The van der Waals surface area contributed by atoms with Gasteiger partial charge >= 0.3 is 5.97 Å². The van der Waals surface area contributed by atoms with Gasteiger partial charge in [0.05, 0.1) is 6.42 Å². The van der Waals surface area contributed by atoms with Crippen LogP contribution in [0.5, 0.6) is 0 Å². The van der Waals surface area contributed by atoms with E-state index in [1.165, 1.54) is 11.5 Å². The van der Waals surface area contributed by atoms with Gasteiger partial charge in [0.25, 0.3) is 11.8 Å². The van der Waals surface area contributed by atoms with Crippen molar-refractivity contribution in [1.82, 2.24) is 15.7 Å². The lowest BCUT2D eigenvalue weighted by Gasteiger charge is -2.18. The molecule has 4 amide bonds. The number of amides is 4. The Morgan fingerprint density at radius 1 is 1.05 bits per heavy atom. The first-order valence-corrected chi connectivity index (χ1v) is 16.3. The fourth-order valence-corrected chi connectivity index (χ4v) is 7.52. The lowest BCUT2D eigenvalue weighted by molar-refractivity contribution is -0.197. The number of rotatable bonds is 18. The molecular formula is C23H34N6O7S3. The average Bonchev–Trinajstić information content (AvgIpc) is 3.53. The molecule has 0 aromatic heterocycles. The molecular weight excluding hydrogens is 568 g/mol. The first kappa shape index (κ1) is 32.8. The number of unbranched alkanes of at least 4 members (excludes halogenated alkanes) is 2. The molecule has 0 spiro atoms. The van der Waals surface area contributed by atoms with Crippen molar-refractivity contribution in [3.05, 3.63) is 10.4 Å². The molecule has 2 aliphatic rings. The molecule has 1 unspecified atom stereocenters. The molecule has 16 heteroatoms. The summed E-state index contributed by atoms with van der Waals surface area (Å²) in [7, 11) is 3.82. The molecule has 0 aliphatic carbocycles. The smallest absolute Gasteiger partial charge is 0.335 e. The van der Waals surface area contributed by atoms with Crippen LogP contribution >= 0.6 is 33.3 Å². The average molecular weight is 603 g/mol. The molecule has 0 bridgehead atoms. The Kier molecular flexibility index (Phi) is 15.8. The summed E-state index contributed by atoms with van der Waals surface area (Å²) in [5, 5.41) is 8.55. The SMILES string of the molecule is [N-]=[N+]=NCCCCC(=O)NC(CC(=O)ON1C(=O)CCC1=O)C(=O)SCCC(=O)NCCCCC1CSSC1. The highest BCUT2D eigenvalue weighted by atomic mass is 33.1. The molecule has 216 valence electrons. The van der Waals surface area contributed by atoms with Gasteiger partial charge < -0.3 is 15.5 Å². The van der Waals surface area contributed by atoms with Crippen molar-refractivity contribution >= 4 is 68.1 Å². The van der Waals surface area contributed by atoms with Crippen LogP contribution in [0.25, 0.3) is 10.4 Å². The van der Waals surface area contributed by atoms with E-state index >= 15 is 0 Å². The summed E-state index contributed by atoms with van der Waals surface area (Å²) in [6, 6.07) is -1.27. The normalized spacial score (nSPS) is 16.1. The molecule has 39 heavy (non-hydrogen) atoms. The molecule has 13 nitrogen and oxygen atoms in total. The Labute approximate surface area is 239 Å². The summed E-state index contributed by atoms with van der Waals surface area (Å²) in [4.78, 5) is 80.5. The predicted molar refractivity (Wildman–Crippen MR) is 149 cm³/mol. The van der Waals surface area contributed by atoms with Crippen LogP contribution in [0.1, 0.15) is 64.2 Å². The highest BCUT2D eigenvalue weighted by Gasteiger charge is 2.34. The number of carbonyl (C=O) groups is 6. The molecule has 2 fully saturated rings. The lowest BCUT2D eigenvalue weighted by atomic mass is 10.1. The van der Waals surface area contributed by atoms with Crippen LogP contribution in [-0.2, 0) is 33.6 Å². The quantitative estimate of drug-likeness (QED) is 0.0589. The highest BCUT2D eigenvalue weighted by Crippen LogP contribution is 2.36. The van der Waals surface area contributed by atoms with E-state index < -0.39 is 41.3 Å². The largest absolute Gasteiger partial charge is 0.356 e. The van der Waals surface area contributed by atoms with E-state index in [2.05, 4.69) is 20.7 Å². The van der Waals surface area contributed by atoms with Crippen molar-refractivity contribution in [2.45, 2.75) is 70.3 Å². The summed E-state index contributed by atoms with van der Waals surface area (Å²) >= 11 is 0.807. The molecule has 0 saturated carbocycles. The van der Waals surface area contributed by atoms with E-state index in [4.69, 9.17) is 10.4 Å². The van der Waals surface area contributed by atoms with Gasteiger partial charge in [0.15, 0.2) is 0 Å². The number of nitrogens with zero attached hydrogens (tertiary/aromatic N) is 4. The van der Waals surface area contributed by atoms with Gasteiger partial charge in [-0.3, -0.25) is 24.0 Å². The minimum Gasteiger partial charge on any atom is -0.356 e. The molecule has 0 aromatic rings. The minimum absolute atomic E-state index is 0.0361. The second kappa shape index (κ2) is 18.8. The number of nitrogens with one attached hydrogen (secondary N) is 2. The maximum absolute atomic E-state index is 12.8. The third-order valence-electron chi connectivity index (χ3n) is 5.79. The summed E-state index contributed by atoms with van der Waals surface area (Å²) < 4.78 is 0. The van der Waals surface area contributed by atoms with Gasteiger partial charge in [-0.25, -0.2) is 4.79 Å². The van der Waals surface area contributed by atoms with E-state index in [1.54, 1.807) is 0 Å². The highest BCUT2D eigenvalue weighted by molar-refractivity contribution is 8.77. The zero-order valence-electron chi connectivity index (χ0n) is 21.6. The van der Waals surface area contributed by atoms with E-state index in [0.717, 1.165) is 36.9 Å². The second-order valence-electron chi connectivity index (χ2n) is 8.98. The molecule has 1 atom stereocenters. The summed E-state index contributed by atoms with van der Waals surface area (Å²) in [5.74, 6) is 0.261. The first-order chi connectivity index (χ1) is 18.8. The zero-order valence-corrected chi connectivity index (χ0v) is 24.1. The molecule has 0 radical (unpaired) electrons. The Balaban J connectivity index is 1.76. The third kappa shape index (κ3) is 13.5. The van der Waals surface area contributed by atoms with Crippen molar-refractivity contribution in [3.8, 4) is 0 Å². The van der Waals surface area contributed by atoms with Crippen LogP contribution in [0.15, 0.2) is 5.11 Å². The van der Waals surface area contributed by atoms with Gasteiger partial charge in [-0.05, 0) is 37.1 Å². The van der Waals surface area contributed by atoms with Gasteiger partial charge in [0, 0.05) is 60.9 Å². The Morgan fingerprint density at radius 2 is 1.77 bits per heavy atom. The maximum Gasteiger partial charge on any atom is 0.335 e. The van der Waals surface area contributed by atoms with Gasteiger partial charge in [-0.2, -0.15) is 0 Å². The number of thioether (sulfide) groups is 1. The maximum atomic E-state index is 12.8. The van der Waals surface area contributed by atoms with Gasteiger partial charge in [0.2, 0.25) is 16.9 Å². The standard InChI is InChI=1S/C23H34N6O7S3/c24-28-26-11-4-2-6-19(31)27-17(13-22(34)36-29-20(32)7-8-21(29)33)23(35)37-12-9-18(30)25-10-3-1-5-16-14-38-39-15-16/h16-17H,1-15H2,(H,25,30)(H,27,31). The lowest BCUT2D eigenvalue weighted by Crippen LogP contribution is -2.43. The van der Waals surface area contributed by atoms with E-state index in [9.17, 15) is 28.8 Å². The first-order valence-electron chi connectivity index (χ1n) is 12.8. The van der Waals surface area contributed by atoms with Crippen molar-refractivity contribution in [2.24, 2.45) is 11.0 Å². The molecule has 2 N–H and O–H groups in total. The number of hydrogen-bond acceptors (Lipinski definition) is 11. The third-order valence-corrected chi connectivity index (χ3v) is 9.47. The van der Waals surface area contributed by atoms with Crippen LogP contribution in [0, 0.1) is 5.92 Å². The molecule has 2 heterocycles. The van der Waals surface area contributed by atoms with Crippen LogP contribution in [0.3, 0.4) is 0 Å². The molecule has 2 saturated heterocycles. The zero-order chi connectivity index (χ0) is 28.5. The fourth-order valence-electron chi connectivity index (χ4n) is 3.66. The number of hydrogen-bond donors (Lipinski definition) is 2. The molecule has 2 rings (SSSR count). The minimum atomic E-state index is -1.27.